The first-order chi connectivity index (χ1) is 7.68. The summed E-state index contributed by atoms with van der Waals surface area (Å²) in [7, 11) is 0. The summed E-state index contributed by atoms with van der Waals surface area (Å²) < 4.78 is 0. The minimum absolute atomic E-state index is 0.524. The van der Waals surface area contributed by atoms with E-state index in [4.69, 9.17) is 5.11 Å². The first kappa shape index (κ1) is 15.9. The Hall–Kier alpha value is -0.0800. The van der Waals surface area contributed by atoms with Crippen molar-refractivity contribution in [2.75, 3.05) is 0 Å². The molecule has 0 radical (unpaired) electrons. The van der Waals surface area contributed by atoms with Crippen molar-refractivity contribution in [1.82, 2.24) is 0 Å². The first-order valence-corrected chi connectivity index (χ1v) is 7.04. The molecular weight excluding hydrogens is 200 g/mol. The minimum Gasteiger partial charge on any atom is -0.391 e. The van der Waals surface area contributed by atoms with Gasteiger partial charge in [0.05, 0.1) is 12.2 Å². The minimum atomic E-state index is -0.575. The van der Waals surface area contributed by atoms with Crippen molar-refractivity contribution in [3.05, 3.63) is 0 Å². The molecule has 0 aliphatic rings. The molecule has 2 N–H and O–H groups in total. The SMILES string of the molecule is CCCCCCCCCCCC(O)C(C)O. The monoisotopic (exact) mass is 230 g/mol. The third-order valence-corrected chi connectivity index (χ3v) is 3.16. The zero-order chi connectivity index (χ0) is 12.2. The lowest BCUT2D eigenvalue weighted by molar-refractivity contribution is 0.0247. The molecular formula is C14H30O2. The van der Waals surface area contributed by atoms with Crippen LogP contribution in [-0.4, -0.2) is 22.4 Å². The van der Waals surface area contributed by atoms with E-state index in [9.17, 15) is 5.11 Å². The number of hydrogen-bond acceptors (Lipinski definition) is 2. The van der Waals surface area contributed by atoms with Crippen LogP contribution in [0.15, 0.2) is 0 Å². The van der Waals surface area contributed by atoms with Gasteiger partial charge in [0.15, 0.2) is 0 Å². The number of aliphatic hydroxyl groups excluding tert-OH is 2. The van der Waals surface area contributed by atoms with E-state index in [1.54, 1.807) is 6.92 Å². The fraction of sp³-hybridized carbons (Fsp3) is 1.00. The lowest BCUT2D eigenvalue weighted by Crippen LogP contribution is -2.21. The normalized spacial score (nSPS) is 15.0. The highest BCUT2D eigenvalue weighted by Crippen LogP contribution is 2.12. The lowest BCUT2D eigenvalue weighted by Gasteiger charge is -2.12. The highest BCUT2D eigenvalue weighted by Gasteiger charge is 2.09. The summed E-state index contributed by atoms with van der Waals surface area (Å²) in [5.74, 6) is 0. The van der Waals surface area contributed by atoms with Crippen LogP contribution in [0.25, 0.3) is 0 Å². The van der Waals surface area contributed by atoms with E-state index in [1.165, 1.54) is 51.4 Å². The van der Waals surface area contributed by atoms with Gasteiger partial charge in [-0.3, -0.25) is 0 Å². The molecule has 0 spiro atoms. The molecule has 0 aliphatic heterocycles. The van der Waals surface area contributed by atoms with Crippen LogP contribution < -0.4 is 0 Å². The molecule has 0 aromatic carbocycles. The van der Waals surface area contributed by atoms with Crippen LogP contribution in [0, 0.1) is 0 Å². The molecule has 16 heavy (non-hydrogen) atoms. The van der Waals surface area contributed by atoms with Gasteiger partial charge >= 0.3 is 0 Å². The molecule has 0 aromatic heterocycles. The Kier molecular flexibility index (Phi) is 11.3. The molecule has 0 saturated heterocycles. The Labute approximate surface area is 101 Å². The maximum absolute atomic E-state index is 9.38. The zero-order valence-corrected chi connectivity index (χ0v) is 11.1. The van der Waals surface area contributed by atoms with E-state index in [0.29, 0.717) is 0 Å². The van der Waals surface area contributed by atoms with Crippen LogP contribution in [0.5, 0.6) is 0 Å². The van der Waals surface area contributed by atoms with Crippen molar-refractivity contribution < 1.29 is 10.2 Å². The molecule has 0 amide bonds. The fourth-order valence-electron chi connectivity index (χ4n) is 1.91. The number of rotatable bonds is 11. The second kappa shape index (κ2) is 11.4. The average molecular weight is 230 g/mol. The Balaban J connectivity index is 3.04. The van der Waals surface area contributed by atoms with Crippen molar-refractivity contribution >= 4 is 0 Å². The number of aliphatic hydroxyl groups is 2. The van der Waals surface area contributed by atoms with Gasteiger partial charge in [0.1, 0.15) is 0 Å². The molecule has 2 nitrogen and oxygen atoms in total. The van der Waals surface area contributed by atoms with Crippen LogP contribution in [0.1, 0.15) is 78.1 Å². The summed E-state index contributed by atoms with van der Waals surface area (Å²) in [5, 5.41) is 18.5. The number of hydrogen-bond donors (Lipinski definition) is 2. The molecule has 0 rings (SSSR count). The molecule has 0 fully saturated rings. The number of unbranched alkanes of at least 4 members (excludes halogenated alkanes) is 8. The third-order valence-electron chi connectivity index (χ3n) is 3.16. The first-order valence-electron chi connectivity index (χ1n) is 7.04. The molecule has 2 heteroatoms. The highest BCUT2D eigenvalue weighted by molar-refractivity contribution is 4.61. The second-order valence-corrected chi connectivity index (χ2v) is 4.93. The summed E-state index contributed by atoms with van der Waals surface area (Å²) in [4.78, 5) is 0. The quantitative estimate of drug-likeness (QED) is 0.532. The predicted molar refractivity (Wildman–Crippen MR) is 69.5 cm³/mol. The molecule has 98 valence electrons. The van der Waals surface area contributed by atoms with Gasteiger partial charge in [-0.15, -0.1) is 0 Å². The van der Waals surface area contributed by atoms with Crippen LogP contribution >= 0.6 is 0 Å². The Bertz CT molecular complexity index is 135. The van der Waals surface area contributed by atoms with E-state index < -0.39 is 12.2 Å². The molecule has 0 bridgehead atoms. The Morgan fingerprint density at radius 1 is 0.750 bits per heavy atom. The Morgan fingerprint density at radius 3 is 1.62 bits per heavy atom. The smallest absolute Gasteiger partial charge is 0.0796 e. The molecule has 2 atom stereocenters. The van der Waals surface area contributed by atoms with Crippen LogP contribution in [0.3, 0.4) is 0 Å². The summed E-state index contributed by atoms with van der Waals surface area (Å²) in [6.07, 6.45) is 11.3. The van der Waals surface area contributed by atoms with Crippen molar-refractivity contribution in [3.63, 3.8) is 0 Å². The maximum Gasteiger partial charge on any atom is 0.0796 e. The third kappa shape index (κ3) is 10.4. The predicted octanol–water partition coefficient (Wildman–Crippen LogP) is 3.65. The summed E-state index contributed by atoms with van der Waals surface area (Å²) in [5.41, 5.74) is 0. The van der Waals surface area contributed by atoms with Crippen molar-refractivity contribution in [2.24, 2.45) is 0 Å². The summed E-state index contributed by atoms with van der Waals surface area (Å²) >= 11 is 0. The van der Waals surface area contributed by atoms with Crippen LogP contribution in [-0.2, 0) is 0 Å². The van der Waals surface area contributed by atoms with E-state index in [2.05, 4.69) is 6.92 Å². The van der Waals surface area contributed by atoms with Gasteiger partial charge in [-0.1, -0.05) is 64.7 Å². The lowest BCUT2D eigenvalue weighted by atomic mass is 10.0. The zero-order valence-electron chi connectivity index (χ0n) is 11.1. The average Bonchev–Trinajstić information content (AvgIpc) is 2.26. The van der Waals surface area contributed by atoms with Gasteiger partial charge in [-0.25, -0.2) is 0 Å². The van der Waals surface area contributed by atoms with Gasteiger partial charge in [0, 0.05) is 0 Å². The van der Waals surface area contributed by atoms with Gasteiger partial charge in [-0.05, 0) is 13.3 Å². The van der Waals surface area contributed by atoms with Gasteiger partial charge in [0.25, 0.3) is 0 Å². The van der Waals surface area contributed by atoms with E-state index >= 15 is 0 Å². The van der Waals surface area contributed by atoms with Crippen molar-refractivity contribution in [3.8, 4) is 0 Å². The molecule has 0 aliphatic carbocycles. The largest absolute Gasteiger partial charge is 0.391 e. The van der Waals surface area contributed by atoms with Gasteiger partial charge in [0.2, 0.25) is 0 Å². The van der Waals surface area contributed by atoms with Crippen molar-refractivity contribution in [2.45, 2.75) is 90.3 Å². The maximum atomic E-state index is 9.38. The van der Waals surface area contributed by atoms with Crippen LogP contribution in [0.2, 0.25) is 0 Å². The highest BCUT2D eigenvalue weighted by atomic mass is 16.3. The molecule has 2 unspecified atom stereocenters. The van der Waals surface area contributed by atoms with Gasteiger partial charge < -0.3 is 10.2 Å². The molecule has 0 saturated carbocycles. The molecule has 0 aromatic rings. The van der Waals surface area contributed by atoms with E-state index in [1.807, 2.05) is 0 Å². The van der Waals surface area contributed by atoms with E-state index in [0.717, 1.165) is 12.8 Å². The fourth-order valence-corrected chi connectivity index (χ4v) is 1.91. The molecule has 0 heterocycles. The summed E-state index contributed by atoms with van der Waals surface area (Å²) in [6.45, 7) is 3.89. The summed E-state index contributed by atoms with van der Waals surface area (Å²) in [6, 6.07) is 0. The van der Waals surface area contributed by atoms with Crippen molar-refractivity contribution in [1.29, 1.82) is 0 Å². The van der Waals surface area contributed by atoms with Crippen LogP contribution in [0.4, 0.5) is 0 Å². The second-order valence-electron chi connectivity index (χ2n) is 4.93. The van der Waals surface area contributed by atoms with E-state index in [-0.39, 0.29) is 0 Å². The standard InChI is InChI=1S/C14H30O2/c1-3-4-5-6-7-8-9-10-11-12-14(16)13(2)15/h13-16H,3-12H2,1-2H3. The Morgan fingerprint density at radius 2 is 1.19 bits per heavy atom. The topological polar surface area (TPSA) is 40.5 Å². The van der Waals surface area contributed by atoms with Gasteiger partial charge in [-0.2, -0.15) is 0 Å².